The minimum atomic E-state index is 0.596. The van der Waals surface area contributed by atoms with Crippen molar-refractivity contribution in [3.05, 3.63) is 126 Å². The Bertz CT molecular complexity index is 1690. The van der Waals surface area contributed by atoms with Crippen LogP contribution in [0.2, 0.25) is 5.02 Å². The molecule has 0 aliphatic heterocycles. The molecule has 0 aliphatic rings. The number of anilines is 3. The van der Waals surface area contributed by atoms with Gasteiger partial charge in [-0.05, 0) is 97.1 Å². The van der Waals surface area contributed by atoms with E-state index in [2.05, 4.69) is 39.1 Å². The average Bonchev–Trinajstić information content (AvgIpc) is 3.60. The standard InChI is InChI=1S/C32H20ClN3O2/c33-23-13-19-26(20-14-23)36(24-15-9-21(10-16-24)31-34-27-5-1-3-7-29(27)37-31)25-17-11-22(12-18-25)32-35-28-6-2-4-8-30(28)38-32/h1-20H. The molecule has 0 aliphatic carbocycles. The highest BCUT2D eigenvalue weighted by atomic mass is 35.5. The van der Waals surface area contributed by atoms with Gasteiger partial charge in [-0.2, -0.15) is 0 Å². The summed E-state index contributed by atoms with van der Waals surface area (Å²) >= 11 is 6.20. The smallest absolute Gasteiger partial charge is 0.227 e. The highest BCUT2D eigenvalue weighted by Gasteiger charge is 2.15. The summed E-state index contributed by atoms with van der Waals surface area (Å²) in [5.41, 5.74) is 8.01. The molecular weight excluding hydrogens is 494 g/mol. The number of hydrogen-bond donors (Lipinski definition) is 0. The molecule has 7 rings (SSSR count). The molecule has 5 aromatic carbocycles. The summed E-state index contributed by atoms with van der Waals surface area (Å²) in [6.45, 7) is 0. The van der Waals surface area contributed by atoms with Crippen molar-refractivity contribution in [2.75, 3.05) is 4.90 Å². The van der Waals surface area contributed by atoms with Gasteiger partial charge in [0.2, 0.25) is 11.8 Å². The van der Waals surface area contributed by atoms with Crippen LogP contribution in [-0.2, 0) is 0 Å². The summed E-state index contributed by atoms with van der Waals surface area (Å²) < 4.78 is 11.9. The fourth-order valence-corrected chi connectivity index (χ4v) is 4.66. The van der Waals surface area contributed by atoms with Crippen molar-refractivity contribution >= 4 is 50.9 Å². The molecule has 0 saturated carbocycles. The minimum Gasteiger partial charge on any atom is -0.436 e. The molecule has 0 saturated heterocycles. The third-order valence-corrected chi connectivity index (χ3v) is 6.67. The van der Waals surface area contributed by atoms with Crippen LogP contribution in [0.1, 0.15) is 0 Å². The SMILES string of the molecule is Clc1ccc(N(c2ccc(-c3nc4ccccc4o3)cc2)c2ccc(-c3nc4ccccc4o3)cc2)cc1. The van der Waals surface area contributed by atoms with Crippen molar-refractivity contribution in [2.45, 2.75) is 0 Å². The molecule has 6 heteroatoms. The Labute approximate surface area is 223 Å². The van der Waals surface area contributed by atoms with Crippen LogP contribution in [0.15, 0.2) is 130 Å². The van der Waals surface area contributed by atoms with Crippen molar-refractivity contribution in [3.8, 4) is 22.9 Å². The van der Waals surface area contributed by atoms with Gasteiger partial charge in [0.1, 0.15) is 11.0 Å². The zero-order valence-electron chi connectivity index (χ0n) is 20.1. The number of nitrogens with zero attached hydrogens (tertiary/aromatic N) is 3. The van der Waals surface area contributed by atoms with Crippen molar-refractivity contribution < 1.29 is 8.83 Å². The Kier molecular flexibility index (Phi) is 5.42. The Hall–Kier alpha value is -4.87. The molecule has 0 amide bonds. The van der Waals surface area contributed by atoms with Crippen molar-refractivity contribution in [3.63, 3.8) is 0 Å². The molecule has 7 aromatic rings. The number of benzene rings is 5. The lowest BCUT2D eigenvalue weighted by atomic mass is 10.1. The van der Waals surface area contributed by atoms with E-state index in [0.29, 0.717) is 16.8 Å². The predicted octanol–water partition coefficient (Wildman–Crippen LogP) is 9.43. The van der Waals surface area contributed by atoms with Gasteiger partial charge >= 0.3 is 0 Å². The number of rotatable bonds is 5. The molecule has 0 bridgehead atoms. The summed E-state index contributed by atoms with van der Waals surface area (Å²) in [4.78, 5) is 11.4. The third-order valence-electron chi connectivity index (χ3n) is 6.42. The predicted molar refractivity (Wildman–Crippen MR) is 152 cm³/mol. The third kappa shape index (κ3) is 4.09. The van der Waals surface area contributed by atoms with E-state index in [-0.39, 0.29) is 0 Å². The van der Waals surface area contributed by atoms with Crippen LogP contribution in [-0.4, -0.2) is 9.97 Å². The van der Waals surface area contributed by atoms with E-state index in [1.807, 2.05) is 97.1 Å². The van der Waals surface area contributed by atoms with Crippen LogP contribution in [0, 0.1) is 0 Å². The first-order valence-corrected chi connectivity index (χ1v) is 12.6. The maximum absolute atomic E-state index is 6.20. The molecule has 5 nitrogen and oxygen atoms in total. The number of fused-ring (bicyclic) bond motifs is 2. The van der Waals surface area contributed by atoms with Gasteiger partial charge in [-0.15, -0.1) is 0 Å². The molecule has 38 heavy (non-hydrogen) atoms. The summed E-state index contributed by atoms with van der Waals surface area (Å²) in [6, 6.07) is 39.7. The molecule has 0 atom stereocenters. The second-order valence-corrected chi connectivity index (χ2v) is 9.32. The highest BCUT2D eigenvalue weighted by molar-refractivity contribution is 6.30. The van der Waals surface area contributed by atoms with Gasteiger partial charge in [0.05, 0.1) is 0 Å². The van der Waals surface area contributed by atoms with Crippen LogP contribution in [0.3, 0.4) is 0 Å². The van der Waals surface area contributed by atoms with Crippen LogP contribution >= 0.6 is 11.6 Å². The Morgan fingerprint density at radius 3 is 1.29 bits per heavy atom. The topological polar surface area (TPSA) is 55.3 Å². The van der Waals surface area contributed by atoms with Crippen molar-refractivity contribution in [1.82, 2.24) is 9.97 Å². The molecule has 0 unspecified atom stereocenters. The fourth-order valence-electron chi connectivity index (χ4n) is 4.53. The lowest BCUT2D eigenvalue weighted by Crippen LogP contribution is -2.09. The monoisotopic (exact) mass is 513 g/mol. The Morgan fingerprint density at radius 2 is 0.868 bits per heavy atom. The highest BCUT2D eigenvalue weighted by Crippen LogP contribution is 2.37. The van der Waals surface area contributed by atoms with Gasteiger partial charge in [0.15, 0.2) is 11.2 Å². The number of para-hydroxylation sites is 4. The zero-order valence-corrected chi connectivity index (χ0v) is 20.8. The summed E-state index contributed by atoms with van der Waals surface area (Å²) in [7, 11) is 0. The summed E-state index contributed by atoms with van der Waals surface area (Å²) in [6.07, 6.45) is 0. The normalized spacial score (nSPS) is 11.3. The van der Waals surface area contributed by atoms with Gasteiger partial charge < -0.3 is 13.7 Å². The van der Waals surface area contributed by atoms with Gasteiger partial charge in [-0.1, -0.05) is 35.9 Å². The van der Waals surface area contributed by atoms with E-state index in [4.69, 9.17) is 20.4 Å². The first-order valence-electron chi connectivity index (χ1n) is 12.2. The maximum Gasteiger partial charge on any atom is 0.227 e. The van der Waals surface area contributed by atoms with E-state index in [1.165, 1.54) is 0 Å². The largest absolute Gasteiger partial charge is 0.436 e. The molecule has 182 valence electrons. The lowest BCUT2D eigenvalue weighted by Gasteiger charge is -2.25. The van der Waals surface area contributed by atoms with E-state index in [0.717, 1.165) is 50.4 Å². The van der Waals surface area contributed by atoms with Gasteiger partial charge in [0.25, 0.3) is 0 Å². The molecule has 2 heterocycles. The first-order chi connectivity index (χ1) is 18.7. The van der Waals surface area contributed by atoms with Crippen LogP contribution in [0.25, 0.3) is 45.1 Å². The van der Waals surface area contributed by atoms with Crippen LogP contribution < -0.4 is 4.90 Å². The number of aromatic nitrogens is 2. The minimum absolute atomic E-state index is 0.596. The van der Waals surface area contributed by atoms with E-state index in [1.54, 1.807) is 0 Å². The Balaban J connectivity index is 1.25. The van der Waals surface area contributed by atoms with E-state index >= 15 is 0 Å². The van der Waals surface area contributed by atoms with Crippen LogP contribution in [0.5, 0.6) is 0 Å². The summed E-state index contributed by atoms with van der Waals surface area (Å²) in [5.74, 6) is 1.19. The quantitative estimate of drug-likeness (QED) is 0.229. The van der Waals surface area contributed by atoms with E-state index < -0.39 is 0 Å². The number of halogens is 1. The van der Waals surface area contributed by atoms with Gasteiger partial charge in [-0.25, -0.2) is 9.97 Å². The zero-order chi connectivity index (χ0) is 25.5. The number of hydrogen-bond acceptors (Lipinski definition) is 5. The second-order valence-electron chi connectivity index (χ2n) is 8.88. The summed E-state index contributed by atoms with van der Waals surface area (Å²) in [5, 5.41) is 0.686. The fraction of sp³-hybridized carbons (Fsp3) is 0. The van der Waals surface area contributed by atoms with Gasteiger partial charge in [0, 0.05) is 33.2 Å². The second kappa shape index (κ2) is 9.21. The number of oxazole rings is 2. The van der Waals surface area contributed by atoms with Crippen LogP contribution in [0.4, 0.5) is 17.1 Å². The molecule has 0 spiro atoms. The molecule has 2 aromatic heterocycles. The van der Waals surface area contributed by atoms with Crippen molar-refractivity contribution in [1.29, 1.82) is 0 Å². The molecule has 0 radical (unpaired) electrons. The van der Waals surface area contributed by atoms with Gasteiger partial charge in [-0.3, -0.25) is 0 Å². The molecule has 0 fully saturated rings. The molecule has 0 N–H and O–H groups in total. The van der Waals surface area contributed by atoms with Crippen molar-refractivity contribution in [2.24, 2.45) is 0 Å². The molecular formula is C32H20ClN3O2. The first kappa shape index (κ1) is 22.3. The average molecular weight is 514 g/mol. The lowest BCUT2D eigenvalue weighted by molar-refractivity contribution is 0.619. The Morgan fingerprint density at radius 1 is 0.474 bits per heavy atom. The maximum atomic E-state index is 6.20. The van der Waals surface area contributed by atoms with E-state index in [9.17, 15) is 0 Å².